The van der Waals surface area contributed by atoms with E-state index in [1.54, 1.807) is 18.2 Å². The fourth-order valence-electron chi connectivity index (χ4n) is 3.41. The minimum atomic E-state index is -3.69. The molecular formula is C26H30ClN3O5S. The second-order valence-electron chi connectivity index (χ2n) is 8.16. The van der Waals surface area contributed by atoms with E-state index in [1.807, 2.05) is 44.2 Å². The Morgan fingerprint density at radius 2 is 1.69 bits per heavy atom. The van der Waals surface area contributed by atoms with Crippen molar-refractivity contribution < 1.29 is 22.7 Å². The van der Waals surface area contributed by atoms with Crippen LogP contribution in [-0.4, -0.2) is 34.1 Å². The molecule has 0 aliphatic carbocycles. The highest BCUT2D eigenvalue weighted by atomic mass is 35.5. The number of sulfonamides is 1. The highest BCUT2D eigenvalue weighted by molar-refractivity contribution is 7.89. The Morgan fingerprint density at radius 3 is 2.33 bits per heavy atom. The van der Waals surface area contributed by atoms with E-state index in [0.717, 1.165) is 16.7 Å². The third kappa shape index (κ3) is 8.23. The summed E-state index contributed by atoms with van der Waals surface area (Å²) in [6, 6.07) is 17.6. The van der Waals surface area contributed by atoms with Crippen molar-refractivity contribution >= 4 is 33.2 Å². The van der Waals surface area contributed by atoms with Crippen LogP contribution in [0.3, 0.4) is 0 Å². The van der Waals surface area contributed by atoms with Gasteiger partial charge in [0.05, 0.1) is 16.5 Å². The van der Waals surface area contributed by atoms with Crippen molar-refractivity contribution in [2.45, 2.75) is 31.7 Å². The number of carbonyl (C=O) groups excluding carboxylic acids is 1. The second kappa shape index (κ2) is 12.7. The van der Waals surface area contributed by atoms with E-state index in [9.17, 15) is 13.2 Å². The number of nitrogens with one attached hydrogen (secondary N) is 2. The average Bonchev–Trinajstić information content (AvgIpc) is 2.83. The lowest BCUT2D eigenvalue weighted by Gasteiger charge is -2.15. The van der Waals surface area contributed by atoms with Crippen LogP contribution in [0.15, 0.2) is 65.6 Å². The van der Waals surface area contributed by atoms with E-state index in [2.05, 4.69) is 10.6 Å². The highest BCUT2D eigenvalue weighted by Crippen LogP contribution is 2.36. The van der Waals surface area contributed by atoms with Gasteiger partial charge in [-0.15, -0.1) is 0 Å². The van der Waals surface area contributed by atoms with E-state index in [4.69, 9.17) is 26.2 Å². The number of aryl methyl sites for hydroxylation is 1. The molecule has 0 aliphatic heterocycles. The van der Waals surface area contributed by atoms with Crippen molar-refractivity contribution in [1.29, 1.82) is 0 Å². The van der Waals surface area contributed by atoms with Gasteiger partial charge in [0.2, 0.25) is 10.0 Å². The molecule has 0 atom stereocenters. The fourth-order valence-corrected chi connectivity index (χ4v) is 4.21. The zero-order chi connectivity index (χ0) is 26.1. The molecule has 8 nitrogen and oxygen atoms in total. The third-order valence-corrected chi connectivity index (χ3v) is 6.43. The molecule has 0 saturated heterocycles. The van der Waals surface area contributed by atoms with Crippen molar-refractivity contribution in [2.75, 3.05) is 25.1 Å². The van der Waals surface area contributed by atoms with Crippen LogP contribution in [-0.2, 0) is 27.8 Å². The summed E-state index contributed by atoms with van der Waals surface area (Å²) >= 11 is 6.47. The molecule has 4 N–H and O–H groups in total. The number of amides is 1. The number of nitrogens with two attached hydrogens (primary N) is 1. The van der Waals surface area contributed by atoms with Gasteiger partial charge in [0.25, 0.3) is 5.91 Å². The number of hydrogen-bond donors (Lipinski definition) is 3. The van der Waals surface area contributed by atoms with Gasteiger partial charge >= 0.3 is 0 Å². The molecule has 3 rings (SSSR count). The highest BCUT2D eigenvalue weighted by Gasteiger charge is 2.15. The number of ether oxygens (including phenoxy) is 2. The molecule has 0 saturated carbocycles. The van der Waals surface area contributed by atoms with Crippen LogP contribution in [0.4, 0.5) is 5.69 Å². The maximum Gasteiger partial charge on any atom is 0.262 e. The molecule has 3 aromatic carbocycles. The molecule has 1 amide bonds. The van der Waals surface area contributed by atoms with Crippen LogP contribution in [0.2, 0.25) is 5.02 Å². The number of hydrogen-bond acceptors (Lipinski definition) is 6. The Balaban J connectivity index is 1.55. The molecule has 0 fully saturated rings. The van der Waals surface area contributed by atoms with Crippen molar-refractivity contribution in [3.05, 3.63) is 82.4 Å². The van der Waals surface area contributed by atoms with Gasteiger partial charge in [-0.2, -0.15) is 0 Å². The summed E-state index contributed by atoms with van der Waals surface area (Å²) in [4.78, 5) is 12.4. The van der Waals surface area contributed by atoms with E-state index >= 15 is 0 Å². The molecule has 0 aromatic heterocycles. The molecule has 0 bridgehead atoms. The summed E-state index contributed by atoms with van der Waals surface area (Å²) in [5, 5.41) is 11.6. The predicted octanol–water partition coefficient (Wildman–Crippen LogP) is 4.04. The number of anilines is 1. The van der Waals surface area contributed by atoms with Crippen LogP contribution in [0, 0.1) is 6.92 Å². The van der Waals surface area contributed by atoms with Gasteiger partial charge in [-0.3, -0.25) is 4.79 Å². The summed E-state index contributed by atoms with van der Waals surface area (Å²) in [7, 11) is -3.69. The predicted molar refractivity (Wildman–Crippen MR) is 141 cm³/mol. The third-order valence-electron chi connectivity index (χ3n) is 5.22. The van der Waals surface area contributed by atoms with E-state index in [0.29, 0.717) is 48.3 Å². The topological polar surface area (TPSA) is 120 Å². The number of primary sulfonamides is 1. The number of halogens is 1. The zero-order valence-corrected chi connectivity index (χ0v) is 21.8. The van der Waals surface area contributed by atoms with Crippen LogP contribution in [0.5, 0.6) is 11.5 Å². The number of carbonyl (C=O) groups is 1. The average molecular weight is 532 g/mol. The van der Waals surface area contributed by atoms with Crippen LogP contribution in [0.1, 0.15) is 23.6 Å². The lowest BCUT2D eigenvalue weighted by Crippen LogP contribution is -2.20. The van der Waals surface area contributed by atoms with Crippen LogP contribution in [0.25, 0.3) is 0 Å². The van der Waals surface area contributed by atoms with Gasteiger partial charge in [-0.25, -0.2) is 13.6 Å². The van der Waals surface area contributed by atoms with E-state index < -0.39 is 10.0 Å². The molecule has 0 aliphatic rings. The molecule has 0 spiro atoms. The maximum atomic E-state index is 12.3. The van der Waals surface area contributed by atoms with E-state index in [-0.39, 0.29) is 17.4 Å². The van der Waals surface area contributed by atoms with Crippen LogP contribution >= 0.6 is 11.6 Å². The number of rotatable bonds is 12. The normalized spacial score (nSPS) is 11.2. The molecule has 0 unspecified atom stereocenters. The summed E-state index contributed by atoms with van der Waals surface area (Å²) in [6.45, 7) is 5.22. The first-order valence-electron chi connectivity index (χ1n) is 11.4. The number of benzene rings is 3. The van der Waals surface area contributed by atoms with Gasteiger partial charge in [-0.05, 0) is 74.3 Å². The molecular weight excluding hydrogens is 502 g/mol. The van der Waals surface area contributed by atoms with Gasteiger partial charge in [0.1, 0.15) is 0 Å². The van der Waals surface area contributed by atoms with Crippen molar-refractivity contribution in [2.24, 2.45) is 5.14 Å². The first kappa shape index (κ1) is 27.5. The molecule has 0 radical (unpaired) electrons. The Morgan fingerprint density at radius 1 is 1.00 bits per heavy atom. The fraction of sp³-hybridized carbons (Fsp3) is 0.269. The quantitative estimate of drug-likeness (QED) is 0.303. The van der Waals surface area contributed by atoms with Crippen molar-refractivity contribution in [3.63, 3.8) is 0 Å². The molecule has 0 heterocycles. The summed E-state index contributed by atoms with van der Waals surface area (Å²) in [5.74, 6) is 0.472. The molecule has 3 aromatic rings. The van der Waals surface area contributed by atoms with Gasteiger partial charge in [0, 0.05) is 12.2 Å². The second-order valence-corrected chi connectivity index (χ2v) is 10.1. The minimum absolute atomic E-state index is 0.0900. The van der Waals surface area contributed by atoms with E-state index in [1.165, 1.54) is 12.1 Å². The standard InChI is InChI=1S/C26H30ClN3O5S/c1-3-34-24-15-20(16-29-13-12-19-6-10-22(11-7-19)36(28,32)33)14-23(27)26(24)35-17-25(31)30-21-8-4-18(2)5-9-21/h4-11,14-15,29H,3,12-13,16-17H2,1-2H3,(H,30,31)(H2,28,32,33). The molecule has 10 heteroatoms. The Bertz CT molecular complexity index is 1280. The first-order valence-corrected chi connectivity index (χ1v) is 13.3. The monoisotopic (exact) mass is 531 g/mol. The zero-order valence-electron chi connectivity index (χ0n) is 20.2. The maximum absolute atomic E-state index is 12.3. The lowest BCUT2D eigenvalue weighted by atomic mass is 10.1. The molecule has 36 heavy (non-hydrogen) atoms. The summed E-state index contributed by atoms with van der Waals surface area (Å²) in [6.07, 6.45) is 0.703. The van der Waals surface area contributed by atoms with Crippen LogP contribution < -0.4 is 25.2 Å². The van der Waals surface area contributed by atoms with Crippen molar-refractivity contribution in [1.82, 2.24) is 5.32 Å². The Hall–Kier alpha value is -3.11. The largest absolute Gasteiger partial charge is 0.490 e. The minimum Gasteiger partial charge on any atom is -0.490 e. The Kier molecular flexibility index (Phi) is 9.72. The smallest absolute Gasteiger partial charge is 0.262 e. The van der Waals surface area contributed by atoms with Crippen molar-refractivity contribution in [3.8, 4) is 11.5 Å². The lowest BCUT2D eigenvalue weighted by molar-refractivity contribution is -0.118. The summed E-state index contributed by atoms with van der Waals surface area (Å²) < 4.78 is 34.1. The van der Waals surface area contributed by atoms with Gasteiger partial charge < -0.3 is 20.1 Å². The van der Waals surface area contributed by atoms with Gasteiger partial charge in [0.15, 0.2) is 18.1 Å². The SMILES string of the molecule is CCOc1cc(CNCCc2ccc(S(N)(=O)=O)cc2)cc(Cl)c1OCC(=O)Nc1ccc(C)cc1. The van der Waals surface area contributed by atoms with Gasteiger partial charge in [-0.1, -0.05) is 41.4 Å². The molecule has 192 valence electrons. The first-order chi connectivity index (χ1) is 17.2. The Labute approximate surface area is 216 Å². The summed E-state index contributed by atoms with van der Waals surface area (Å²) in [5.41, 5.74) is 3.66.